The number of amidine groups is 1. The summed E-state index contributed by atoms with van der Waals surface area (Å²) in [5.41, 5.74) is 9.03. The number of oxime groups is 1. The first-order valence-electron chi connectivity index (χ1n) is 8.06. The molecular formula is C17H25N3O. The second kappa shape index (κ2) is 5.96. The Balaban J connectivity index is 1.95. The van der Waals surface area contributed by atoms with Crippen LogP contribution in [0.4, 0.5) is 5.69 Å². The van der Waals surface area contributed by atoms with Gasteiger partial charge in [-0.2, -0.15) is 0 Å². The van der Waals surface area contributed by atoms with Crippen molar-refractivity contribution >= 4 is 11.5 Å². The number of nitrogens with two attached hydrogens (primary N) is 1. The first kappa shape index (κ1) is 14.2. The quantitative estimate of drug-likeness (QED) is 0.388. The molecule has 3 N–H and O–H groups in total. The predicted octanol–water partition coefficient (Wildman–Crippen LogP) is 3.25. The highest BCUT2D eigenvalue weighted by Gasteiger charge is 2.34. The van der Waals surface area contributed by atoms with Crippen LogP contribution in [-0.2, 0) is 0 Å². The topological polar surface area (TPSA) is 61.8 Å². The molecular weight excluding hydrogens is 262 g/mol. The maximum absolute atomic E-state index is 9.07. The lowest BCUT2D eigenvalue weighted by molar-refractivity contribution is 0.318. The minimum Gasteiger partial charge on any atom is -0.409 e. The molecule has 21 heavy (non-hydrogen) atoms. The van der Waals surface area contributed by atoms with E-state index in [0.717, 1.165) is 29.3 Å². The zero-order valence-electron chi connectivity index (χ0n) is 12.8. The van der Waals surface area contributed by atoms with E-state index >= 15 is 0 Å². The molecule has 1 atom stereocenters. The lowest BCUT2D eigenvalue weighted by atomic mass is 9.95. The SMILES string of the molecule is Cc1ccc(N2CCCC2C2CCCC2)c(/C(N)=N/O)c1. The minimum absolute atomic E-state index is 0.214. The Labute approximate surface area is 126 Å². The number of nitrogens with zero attached hydrogens (tertiary/aromatic N) is 2. The number of hydrogen-bond acceptors (Lipinski definition) is 3. The third kappa shape index (κ3) is 2.71. The van der Waals surface area contributed by atoms with Crippen molar-refractivity contribution in [3.05, 3.63) is 29.3 Å². The molecule has 1 unspecified atom stereocenters. The van der Waals surface area contributed by atoms with Crippen LogP contribution in [0.25, 0.3) is 0 Å². The Bertz CT molecular complexity index is 535. The van der Waals surface area contributed by atoms with Crippen molar-refractivity contribution in [2.45, 2.75) is 51.5 Å². The lowest BCUT2D eigenvalue weighted by Crippen LogP contribution is -2.36. The van der Waals surface area contributed by atoms with Gasteiger partial charge in [0, 0.05) is 23.8 Å². The van der Waals surface area contributed by atoms with Crippen molar-refractivity contribution in [3.8, 4) is 0 Å². The largest absolute Gasteiger partial charge is 0.409 e. The van der Waals surface area contributed by atoms with Crippen LogP contribution in [0.2, 0.25) is 0 Å². The van der Waals surface area contributed by atoms with Crippen LogP contribution in [0.15, 0.2) is 23.4 Å². The number of hydrogen-bond donors (Lipinski definition) is 2. The fraction of sp³-hybridized carbons (Fsp3) is 0.588. The molecule has 1 aromatic rings. The first-order chi connectivity index (χ1) is 10.2. The molecule has 2 fully saturated rings. The van der Waals surface area contributed by atoms with E-state index in [1.165, 1.54) is 38.5 Å². The number of rotatable bonds is 3. The van der Waals surface area contributed by atoms with Crippen molar-refractivity contribution < 1.29 is 5.21 Å². The number of aryl methyl sites for hydroxylation is 1. The van der Waals surface area contributed by atoms with Crippen LogP contribution in [0.1, 0.15) is 49.7 Å². The predicted molar refractivity (Wildman–Crippen MR) is 86.0 cm³/mol. The van der Waals surface area contributed by atoms with E-state index in [-0.39, 0.29) is 5.84 Å². The number of benzene rings is 1. The Morgan fingerprint density at radius 1 is 1.24 bits per heavy atom. The van der Waals surface area contributed by atoms with Crippen LogP contribution in [0.5, 0.6) is 0 Å². The summed E-state index contributed by atoms with van der Waals surface area (Å²) in [7, 11) is 0. The third-order valence-electron chi connectivity index (χ3n) is 5.09. The van der Waals surface area contributed by atoms with Gasteiger partial charge < -0.3 is 15.8 Å². The molecule has 0 amide bonds. The van der Waals surface area contributed by atoms with E-state index in [2.05, 4.69) is 22.2 Å². The standard InChI is InChI=1S/C17H25N3O/c1-12-8-9-16(14(11-12)17(18)19-21)20-10-4-7-15(20)13-5-2-3-6-13/h8-9,11,13,15,21H,2-7,10H2,1H3,(H2,18,19). The van der Waals surface area contributed by atoms with Crippen LogP contribution in [0.3, 0.4) is 0 Å². The fourth-order valence-electron chi connectivity index (χ4n) is 4.08. The van der Waals surface area contributed by atoms with E-state index in [0.29, 0.717) is 6.04 Å². The van der Waals surface area contributed by atoms with Gasteiger partial charge in [0.15, 0.2) is 5.84 Å². The van der Waals surface area contributed by atoms with Gasteiger partial charge in [-0.05, 0) is 50.7 Å². The fourth-order valence-corrected chi connectivity index (χ4v) is 4.08. The Morgan fingerprint density at radius 2 is 2.00 bits per heavy atom. The van der Waals surface area contributed by atoms with Gasteiger partial charge >= 0.3 is 0 Å². The molecule has 3 rings (SSSR count). The normalized spacial score (nSPS) is 24.0. The van der Waals surface area contributed by atoms with Crippen LogP contribution < -0.4 is 10.6 Å². The Morgan fingerprint density at radius 3 is 2.71 bits per heavy atom. The zero-order valence-corrected chi connectivity index (χ0v) is 12.8. The molecule has 4 heteroatoms. The first-order valence-corrected chi connectivity index (χ1v) is 8.06. The Kier molecular flexibility index (Phi) is 4.04. The van der Waals surface area contributed by atoms with Crippen molar-refractivity contribution in [3.63, 3.8) is 0 Å². The Hall–Kier alpha value is -1.71. The summed E-state index contributed by atoms with van der Waals surface area (Å²) in [5.74, 6) is 1.03. The molecule has 0 aromatic heterocycles. The summed E-state index contributed by atoms with van der Waals surface area (Å²) in [6.07, 6.45) is 7.96. The molecule has 1 aromatic carbocycles. The summed E-state index contributed by atoms with van der Waals surface area (Å²) in [6.45, 7) is 3.12. The maximum atomic E-state index is 9.07. The minimum atomic E-state index is 0.214. The summed E-state index contributed by atoms with van der Waals surface area (Å²) in [6, 6.07) is 6.90. The number of anilines is 1. The molecule has 114 valence electrons. The van der Waals surface area contributed by atoms with Gasteiger partial charge in [0.2, 0.25) is 0 Å². The highest BCUT2D eigenvalue weighted by atomic mass is 16.4. The van der Waals surface area contributed by atoms with Gasteiger partial charge in [0.25, 0.3) is 0 Å². The van der Waals surface area contributed by atoms with Gasteiger partial charge in [-0.3, -0.25) is 0 Å². The summed E-state index contributed by atoms with van der Waals surface area (Å²) >= 11 is 0. The van der Waals surface area contributed by atoms with E-state index < -0.39 is 0 Å². The summed E-state index contributed by atoms with van der Waals surface area (Å²) in [4.78, 5) is 2.50. The molecule has 1 saturated carbocycles. The van der Waals surface area contributed by atoms with Crippen LogP contribution in [-0.4, -0.2) is 23.6 Å². The summed E-state index contributed by atoms with van der Waals surface area (Å²) < 4.78 is 0. The van der Waals surface area contributed by atoms with Gasteiger partial charge in [-0.1, -0.05) is 29.6 Å². The molecule has 0 radical (unpaired) electrons. The molecule has 0 bridgehead atoms. The zero-order chi connectivity index (χ0) is 14.8. The second-order valence-corrected chi connectivity index (χ2v) is 6.45. The van der Waals surface area contributed by atoms with Crippen LogP contribution in [0, 0.1) is 12.8 Å². The van der Waals surface area contributed by atoms with E-state index in [1.807, 2.05) is 13.0 Å². The van der Waals surface area contributed by atoms with Gasteiger partial charge in [-0.25, -0.2) is 0 Å². The highest BCUT2D eigenvalue weighted by Crippen LogP contribution is 2.38. The van der Waals surface area contributed by atoms with Gasteiger partial charge in [0.05, 0.1) is 0 Å². The molecule has 1 aliphatic heterocycles. The van der Waals surface area contributed by atoms with E-state index in [1.54, 1.807) is 0 Å². The van der Waals surface area contributed by atoms with Crippen molar-refractivity contribution in [2.75, 3.05) is 11.4 Å². The van der Waals surface area contributed by atoms with Crippen molar-refractivity contribution in [1.29, 1.82) is 0 Å². The van der Waals surface area contributed by atoms with Gasteiger partial charge in [0.1, 0.15) is 0 Å². The van der Waals surface area contributed by atoms with Crippen molar-refractivity contribution in [2.24, 2.45) is 16.8 Å². The third-order valence-corrected chi connectivity index (χ3v) is 5.09. The monoisotopic (exact) mass is 287 g/mol. The molecule has 0 spiro atoms. The maximum Gasteiger partial charge on any atom is 0.172 e. The molecule has 1 saturated heterocycles. The molecule has 2 aliphatic rings. The summed E-state index contributed by atoms with van der Waals surface area (Å²) in [5, 5.41) is 12.3. The van der Waals surface area contributed by atoms with E-state index in [4.69, 9.17) is 10.9 Å². The second-order valence-electron chi connectivity index (χ2n) is 6.45. The van der Waals surface area contributed by atoms with Gasteiger partial charge in [-0.15, -0.1) is 0 Å². The molecule has 4 nitrogen and oxygen atoms in total. The average Bonchev–Trinajstić information content (AvgIpc) is 3.16. The average molecular weight is 287 g/mol. The highest BCUT2D eigenvalue weighted by molar-refractivity contribution is 6.02. The molecule has 1 aliphatic carbocycles. The van der Waals surface area contributed by atoms with E-state index in [9.17, 15) is 0 Å². The van der Waals surface area contributed by atoms with Crippen LogP contribution >= 0.6 is 0 Å². The molecule has 1 heterocycles. The van der Waals surface area contributed by atoms with Crippen molar-refractivity contribution in [1.82, 2.24) is 0 Å². The smallest absolute Gasteiger partial charge is 0.172 e. The lowest BCUT2D eigenvalue weighted by Gasteiger charge is -2.32.